The number of benzene rings is 3. The second-order valence-corrected chi connectivity index (χ2v) is 7.72. The van der Waals surface area contributed by atoms with Gasteiger partial charge >= 0.3 is 0 Å². The van der Waals surface area contributed by atoms with E-state index in [-0.39, 0.29) is 17.3 Å². The van der Waals surface area contributed by atoms with Crippen LogP contribution in [0.2, 0.25) is 0 Å². The quantitative estimate of drug-likeness (QED) is 0.558. The maximum Gasteiger partial charge on any atom is 0.188 e. The highest BCUT2D eigenvalue weighted by Gasteiger charge is 2.26. The van der Waals surface area contributed by atoms with Crippen LogP contribution in [0.25, 0.3) is 12.2 Å². The third-order valence-corrected chi connectivity index (χ3v) is 5.52. The van der Waals surface area contributed by atoms with E-state index in [0.29, 0.717) is 35.7 Å². The van der Waals surface area contributed by atoms with Crippen LogP contribution < -0.4 is 14.4 Å². The summed E-state index contributed by atoms with van der Waals surface area (Å²) in [4.78, 5) is 15.6. The van der Waals surface area contributed by atoms with E-state index in [1.807, 2.05) is 42.5 Å². The van der Waals surface area contributed by atoms with Crippen LogP contribution in [0, 0.1) is 0 Å². The molecule has 3 aromatic rings. The fourth-order valence-electron chi connectivity index (χ4n) is 3.83. The number of carbonyl (C=O) groups excluding carboxylic acids is 1. The molecule has 1 heterocycles. The molecule has 168 valence electrons. The van der Waals surface area contributed by atoms with E-state index >= 15 is 0 Å². The number of methoxy groups -OCH3 is 2. The number of nitrogens with zero attached hydrogens (tertiary/aromatic N) is 1. The Labute approximate surface area is 192 Å². The molecule has 0 amide bonds. The normalized spacial score (nSPS) is 16.3. The number of rotatable bonds is 5. The van der Waals surface area contributed by atoms with Crippen LogP contribution in [0.3, 0.4) is 0 Å². The van der Waals surface area contributed by atoms with Gasteiger partial charge < -0.3 is 24.6 Å². The Morgan fingerprint density at radius 2 is 1.24 bits per heavy atom. The summed E-state index contributed by atoms with van der Waals surface area (Å²) in [6, 6.07) is 19.9. The van der Waals surface area contributed by atoms with Crippen LogP contribution in [-0.2, 0) is 4.79 Å². The van der Waals surface area contributed by atoms with E-state index in [9.17, 15) is 15.0 Å². The van der Waals surface area contributed by atoms with Gasteiger partial charge in [0.25, 0.3) is 0 Å². The van der Waals surface area contributed by atoms with Gasteiger partial charge in [-0.1, -0.05) is 30.3 Å². The van der Waals surface area contributed by atoms with Crippen molar-refractivity contribution in [2.24, 2.45) is 0 Å². The van der Waals surface area contributed by atoms with E-state index < -0.39 is 0 Å². The van der Waals surface area contributed by atoms with Crippen molar-refractivity contribution in [1.29, 1.82) is 0 Å². The summed E-state index contributed by atoms with van der Waals surface area (Å²) in [5.74, 6) is 0.727. The summed E-state index contributed by atoms with van der Waals surface area (Å²) in [6.45, 7) is 0.893. The van der Waals surface area contributed by atoms with Gasteiger partial charge in [0.15, 0.2) is 28.8 Å². The van der Waals surface area contributed by atoms with E-state index in [0.717, 1.165) is 16.8 Å². The van der Waals surface area contributed by atoms with Crippen molar-refractivity contribution in [1.82, 2.24) is 0 Å². The summed E-state index contributed by atoms with van der Waals surface area (Å²) >= 11 is 0. The number of phenolic OH excluding ortho intramolecular Hbond substituents is 2. The van der Waals surface area contributed by atoms with Crippen molar-refractivity contribution in [3.63, 3.8) is 0 Å². The van der Waals surface area contributed by atoms with Gasteiger partial charge in [-0.15, -0.1) is 0 Å². The van der Waals surface area contributed by atoms with E-state index in [4.69, 9.17) is 9.47 Å². The number of para-hydroxylation sites is 1. The number of anilines is 1. The zero-order valence-corrected chi connectivity index (χ0v) is 18.5. The topological polar surface area (TPSA) is 79.2 Å². The van der Waals surface area contributed by atoms with Crippen molar-refractivity contribution >= 4 is 23.6 Å². The van der Waals surface area contributed by atoms with Crippen molar-refractivity contribution in [3.05, 3.63) is 89.0 Å². The van der Waals surface area contributed by atoms with Crippen LogP contribution in [-0.4, -0.2) is 43.3 Å². The summed E-state index contributed by atoms with van der Waals surface area (Å²) in [6.07, 6.45) is 3.65. The van der Waals surface area contributed by atoms with Gasteiger partial charge in [0.05, 0.1) is 14.2 Å². The third-order valence-electron chi connectivity index (χ3n) is 5.52. The molecular weight excluding hydrogens is 418 g/mol. The molecule has 3 aromatic carbocycles. The molecule has 2 N–H and O–H groups in total. The number of phenols is 2. The van der Waals surface area contributed by atoms with Gasteiger partial charge in [0.1, 0.15) is 0 Å². The third kappa shape index (κ3) is 4.85. The predicted molar refractivity (Wildman–Crippen MR) is 129 cm³/mol. The van der Waals surface area contributed by atoms with Crippen LogP contribution in [0.15, 0.2) is 77.9 Å². The molecule has 0 radical (unpaired) electrons. The molecule has 0 spiro atoms. The smallest absolute Gasteiger partial charge is 0.188 e. The molecule has 33 heavy (non-hydrogen) atoms. The summed E-state index contributed by atoms with van der Waals surface area (Å²) in [5.41, 5.74) is 3.76. The number of ketones is 1. The lowest BCUT2D eigenvalue weighted by Crippen LogP contribution is -2.37. The minimum absolute atomic E-state index is 0.0439. The summed E-state index contributed by atoms with van der Waals surface area (Å²) in [7, 11) is 2.98. The standard InChI is InChI=1S/C27H25NO5/c1-32-25-14-18(8-10-23(25)29)12-20-16-28(22-6-4-3-5-7-22)17-21(27(20)31)13-19-9-11-24(30)26(15-19)33-2/h3-15,29-30H,16-17H2,1-2H3. The van der Waals surface area contributed by atoms with Crippen LogP contribution in [0.5, 0.6) is 23.0 Å². The zero-order chi connectivity index (χ0) is 23.4. The highest BCUT2D eigenvalue weighted by atomic mass is 16.5. The molecule has 0 aromatic heterocycles. The summed E-state index contributed by atoms with van der Waals surface area (Å²) in [5, 5.41) is 19.8. The lowest BCUT2D eigenvalue weighted by atomic mass is 9.93. The minimum atomic E-state index is -0.0544. The Kier molecular flexibility index (Phi) is 6.36. The Hall–Kier alpha value is -4.19. The number of hydrogen-bond acceptors (Lipinski definition) is 6. The monoisotopic (exact) mass is 443 g/mol. The molecule has 6 nitrogen and oxygen atoms in total. The van der Waals surface area contributed by atoms with Crippen LogP contribution in [0.1, 0.15) is 11.1 Å². The van der Waals surface area contributed by atoms with Crippen molar-refractivity contribution in [3.8, 4) is 23.0 Å². The van der Waals surface area contributed by atoms with Crippen molar-refractivity contribution < 1.29 is 24.5 Å². The molecule has 1 fully saturated rings. The highest BCUT2D eigenvalue weighted by molar-refractivity contribution is 6.15. The SMILES string of the molecule is COc1cc(C=C2CN(c3ccccc3)CC(=Cc3ccc(O)c(OC)c3)C2=O)ccc1O. The average molecular weight is 443 g/mol. The molecule has 6 heteroatoms. The maximum atomic E-state index is 13.4. The number of aromatic hydroxyl groups is 2. The maximum absolute atomic E-state index is 13.4. The number of piperidine rings is 1. The molecule has 0 bridgehead atoms. The van der Waals surface area contributed by atoms with Gasteiger partial charge in [-0.25, -0.2) is 0 Å². The van der Waals surface area contributed by atoms with Gasteiger partial charge in [0.2, 0.25) is 0 Å². The molecule has 4 rings (SSSR count). The molecular formula is C27H25NO5. The molecule has 0 atom stereocenters. The fraction of sp³-hybridized carbons (Fsp3) is 0.148. The molecule has 0 aliphatic carbocycles. The molecule has 0 saturated carbocycles. The van der Waals surface area contributed by atoms with E-state index in [2.05, 4.69) is 4.90 Å². The minimum Gasteiger partial charge on any atom is -0.504 e. The Morgan fingerprint density at radius 3 is 1.70 bits per heavy atom. The van der Waals surface area contributed by atoms with Gasteiger partial charge in [-0.05, 0) is 59.7 Å². The Bertz CT molecular complexity index is 1160. The summed E-state index contributed by atoms with van der Waals surface area (Å²) < 4.78 is 10.4. The van der Waals surface area contributed by atoms with Gasteiger partial charge in [0, 0.05) is 29.9 Å². The largest absolute Gasteiger partial charge is 0.504 e. The van der Waals surface area contributed by atoms with E-state index in [1.165, 1.54) is 14.2 Å². The average Bonchev–Trinajstić information content (AvgIpc) is 2.84. The van der Waals surface area contributed by atoms with Crippen LogP contribution >= 0.6 is 0 Å². The van der Waals surface area contributed by atoms with Crippen LogP contribution in [0.4, 0.5) is 5.69 Å². The lowest BCUT2D eigenvalue weighted by Gasteiger charge is -2.31. The first-order chi connectivity index (χ1) is 16.0. The number of ether oxygens (including phenoxy) is 2. The van der Waals surface area contributed by atoms with E-state index in [1.54, 1.807) is 36.4 Å². The first kappa shape index (κ1) is 22.0. The predicted octanol–water partition coefficient (Wildman–Crippen LogP) is 4.67. The highest BCUT2D eigenvalue weighted by Crippen LogP contribution is 2.31. The Balaban J connectivity index is 1.76. The molecule has 0 unspecified atom stereocenters. The molecule has 1 saturated heterocycles. The zero-order valence-electron chi connectivity index (χ0n) is 18.5. The lowest BCUT2D eigenvalue weighted by molar-refractivity contribution is -0.112. The molecule has 1 aliphatic heterocycles. The first-order valence-electron chi connectivity index (χ1n) is 10.5. The first-order valence-corrected chi connectivity index (χ1v) is 10.5. The number of Topliss-reactive ketones (excluding diaryl/α,β-unsaturated/α-hetero) is 1. The van der Waals surface area contributed by atoms with Gasteiger partial charge in [-0.3, -0.25) is 4.79 Å². The van der Waals surface area contributed by atoms with Crippen molar-refractivity contribution in [2.75, 3.05) is 32.2 Å². The molecule has 1 aliphatic rings. The number of hydrogen-bond donors (Lipinski definition) is 2. The fourth-order valence-corrected chi connectivity index (χ4v) is 3.83. The second kappa shape index (κ2) is 9.53. The Morgan fingerprint density at radius 1 is 0.758 bits per heavy atom. The second-order valence-electron chi connectivity index (χ2n) is 7.72. The van der Waals surface area contributed by atoms with Gasteiger partial charge in [-0.2, -0.15) is 0 Å². The van der Waals surface area contributed by atoms with Crippen molar-refractivity contribution in [2.45, 2.75) is 0 Å². The number of carbonyl (C=O) groups is 1.